The first kappa shape index (κ1) is 24.4. The third-order valence-corrected chi connectivity index (χ3v) is 6.52. The molecule has 1 saturated heterocycles. The molecule has 174 valence electrons. The molecule has 1 aliphatic rings. The number of benzene rings is 2. The van der Waals surface area contributed by atoms with Gasteiger partial charge in [0.25, 0.3) is 0 Å². The quantitative estimate of drug-likeness (QED) is 0.426. The van der Waals surface area contributed by atoms with Crippen LogP contribution < -0.4 is 10.2 Å². The predicted molar refractivity (Wildman–Crippen MR) is 119 cm³/mol. The molecule has 1 aliphatic heterocycles. The van der Waals surface area contributed by atoms with Gasteiger partial charge >= 0.3 is 6.18 Å². The molecule has 1 N–H and O–H groups in total. The van der Waals surface area contributed by atoms with Gasteiger partial charge in [-0.3, -0.25) is 4.79 Å². The van der Waals surface area contributed by atoms with Gasteiger partial charge in [-0.05, 0) is 79.2 Å². The number of hydrogen-bond acceptors (Lipinski definition) is 4. The highest BCUT2D eigenvalue weighted by atomic mass is 32.2. The maximum Gasteiger partial charge on any atom is 0.416 e. The topological polar surface area (TPSA) is 35.6 Å². The third kappa shape index (κ3) is 7.13. The van der Waals surface area contributed by atoms with E-state index in [0.29, 0.717) is 19.6 Å². The van der Waals surface area contributed by atoms with Crippen molar-refractivity contribution in [3.63, 3.8) is 0 Å². The van der Waals surface area contributed by atoms with Crippen molar-refractivity contribution in [3.8, 4) is 0 Å². The Morgan fingerprint density at radius 2 is 1.84 bits per heavy atom. The summed E-state index contributed by atoms with van der Waals surface area (Å²) in [6, 6.07) is 11.4. The fourth-order valence-electron chi connectivity index (χ4n) is 3.65. The van der Waals surface area contributed by atoms with Gasteiger partial charge in [0, 0.05) is 36.8 Å². The minimum absolute atomic E-state index is 0.0897. The maximum atomic E-state index is 13.1. The Balaban J connectivity index is 1.47. The number of nitrogens with zero attached hydrogens (tertiary/aromatic N) is 2. The van der Waals surface area contributed by atoms with Gasteiger partial charge in [0.2, 0.25) is 5.91 Å². The van der Waals surface area contributed by atoms with Crippen molar-refractivity contribution < 1.29 is 22.4 Å². The first-order valence-electron chi connectivity index (χ1n) is 10.6. The Labute approximate surface area is 190 Å². The van der Waals surface area contributed by atoms with Crippen LogP contribution in [0.4, 0.5) is 23.2 Å². The zero-order valence-corrected chi connectivity index (χ0v) is 18.7. The molecule has 3 rings (SSSR count). The fraction of sp³-hybridized carbons (Fsp3) is 0.435. The largest absolute Gasteiger partial charge is 0.416 e. The van der Waals surface area contributed by atoms with Gasteiger partial charge in [-0.1, -0.05) is 6.92 Å². The number of piperidine rings is 1. The van der Waals surface area contributed by atoms with E-state index in [2.05, 4.69) is 10.2 Å². The fourth-order valence-corrected chi connectivity index (χ4v) is 4.52. The molecule has 0 spiro atoms. The summed E-state index contributed by atoms with van der Waals surface area (Å²) in [7, 11) is 0. The molecule has 0 radical (unpaired) electrons. The van der Waals surface area contributed by atoms with Crippen LogP contribution in [0.3, 0.4) is 0 Å². The summed E-state index contributed by atoms with van der Waals surface area (Å²) in [6.45, 7) is 4.82. The molecular weight excluding hydrogens is 442 g/mol. The predicted octanol–water partition coefficient (Wildman–Crippen LogP) is 5.21. The molecular formula is C23H27F4N3OS. The van der Waals surface area contributed by atoms with E-state index in [-0.39, 0.29) is 24.2 Å². The van der Waals surface area contributed by atoms with Crippen molar-refractivity contribution in [2.75, 3.05) is 37.6 Å². The second-order valence-corrected chi connectivity index (χ2v) is 8.97. The molecule has 2 aromatic carbocycles. The second-order valence-electron chi connectivity index (χ2n) is 7.80. The van der Waals surface area contributed by atoms with E-state index in [0.717, 1.165) is 42.1 Å². The molecule has 1 heterocycles. The van der Waals surface area contributed by atoms with Crippen molar-refractivity contribution in [2.24, 2.45) is 5.92 Å². The SMILES string of the molecule is CCN(CC(=O)NCC1CCCN(c2ccc(C(F)(F)F)cc2)C1)Sc1ccc(F)cc1. The lowest BCUT2D eigenvalue weighted by molar-refractivity contribution is -0.137. The minimum atomic E-state index is -4.34. The van der Waals surface area contributed by atoms with E-state index in [9.17, 15) is 22.4 Å². The molecule has 2 aromatic rings. The number of likely N-dealkylation sites (N-methyl/N-ethyl adjacent to an activating group) is 1. The summed E-state index contributed by atoms with van der Waals surface area (Å²) < 4.78 is 53.3. The van der Waals surface area contributed by atoms with Crippen molar-refractivity contribution in [3.05, 3.63) is 59.9 Å². The number of rotatable bonds is 8. The molecule has 1 fully saturated rings. The number of alkyl halides is 3. The Bertz CT molecular complexity index is 874. The van der Waals surface area contributed by atoms with Gasteiger partial charge in [0.05, 0.1) is 12.1 Å². The first-order valence-corrected chi connectivity index (χ1v) is 11.4. The Hall–Kier alpha value is -2.26. The lowest BCUT2D eigenvalue weighted by Gasteiger charge is -2.34. The Morgan fingerprint density at radius 1 is 1.16 bits per heavy atom. The van der Waals surface area contributed by atoms with Gasteiger partial charge in [0.15, 0.2) is 0 Å². The molecule has 32 heavy (non-hydrogen) atoms. The molecule has 0 aromatic heterocycles. The summed E-state index contributed by atoms with van der Waals surface area (Å²) in [5, 5.41) is 2.98. The van der Waals surface area contributed by atoms with E-state index in [1.807, 2.05) is 11.2 Å². The summed E-state index contributed by atoms with van der Waals surface area (Å²) in [4.78, 5) is 15.4. The molecule has 4 nitrogen and oxygen atoms in total. The van der Waals surface area contributed by atoms with Crippen LogP contribution in [0.25, 0.3) is 0 Å². The van der Waals surface area contributed by atoms with Crippen molar-refractivity contribution >= 4 is 23.5 Å². The Kier molecular flexibility index (Phi) is 8.42. The molecule has 9 heteroatoms. The van der Waals surface area contributed by atoms with Crippen LogP contribution >= 0.6 is 11.9 Å². The third-order valence-electron chi connectivity index (χ3n) is 5.39. The summed E-state index contributed by atoms with van der Waals surface area (Å²) in [6.07, 6.45) is -2.46. The summed E-state index contributed by atoms with van der Waals surface area (Å²) in [5.74, 6) is -0.157. The van der Waals surface area contributed by atoms with Crippen LogP contribution in [0.5, 0.6) is 0 Å². The second kappa shape index (κ2) is 11.0. The number of halogens is 4. The number of carbonyl (C=O) groups is 1. The normalized spacial score (nSPS) is 16.9. The molecule has 0 bridgehead atoms. The van der Waals surface area contributed by atoms with Gasteiger partial charge in [-0.25, -0.2) is 8.70 Å². The van der Waals surface area contributed by atoms with E-state index in [4.69, 9.17) is 0 Å². The monoisotopic (exact) mass is 469 g/mol. The average molecular weight is 470 g/mol. The van der Waals surface area contributed by atoms with Gasteiger partial charge in [-0.2, -0.15) is 13.2 Å². The van der Waals surface area contributed by atoms with E-state index in [1.54, 1.807) is 12.1 Å². The van der Waals surface area contributed by atoms with Crippen LogP contribution in [0, 0.1) is 11.7 Å². The molecule has 1 unspecified atom stereocenters. The van der Waals surface area contributed by atoms with E-state index < -0.39 is 11.7 Å². The maximum absolute atomic E-state index is 13.1. The van der Waals surface area contributed by atoms with Crippen molar-refractivity contribution in [1.29, 1.82) is 0 Å². The zero-order chi connectivity index (χ0) is 23.1. The zero-order valence-electron chi connectivity index (χ0n) is 17.9. The average Bonchev–Trinajstić information content (AvgIpc) is 2.78. The number of anilines is 1. The molecule has 0 saturated carbocycles. The number of hydrogen-bond donors (Lipinski definition) is 1. The smallest absolute Gasteiger partial charge is 0.371 e. The highest BCUT2D eigenvalue weighted by Crippen LogP contribution is 2.31. The highest BCUT2D eigenvalue weighted by molar-refractivity contribution is 7.97. The summed E-state index contributed by atoms with van der Waals surface area (Å²) >= 11 is 1.41. The highest BCUT2D eigenvalue weighted by Gasteiger charge is 2.30. The lowest BCUT2D eigenvalue weighted by Crippen LogP contribution is -2.42. The van der Waals surface area contributed by atoms with Crippen molar-refractivity contribution in [1.82, 2.24) is 9.62 Å². The van der Waals surface area contributed by atoms with E-state index >= 15 is 0 Å². The molecule has 1 atom stereocenters. The van der Waals surface area contributed by atoms with Gasteiger partial charge in [0.1, 0.15) is 5.82 Å². The van der Waals surface area contributed by atoms with E-state index in [1.165, 1.54) is 36.2 Å². The Morgan fingerprint density at radius 3 is 2.47 bits per heavy atom. The van der Waals surface area contributed by atoms with Crippen LogP contribution in [-0.2, 0) is 11.0 Å². The molecule has 0 aliphatic carbocycles. The van der Waals surface area contributed by atoms with Gasteiger partial charge < -0.3 is 10.2 Å². The van der Waals surface area contributed by atoms with Gasteiger partial charge in [-0.15, -0.1) is 0 Å². The standard InChI is InChI=1S/C23H27F4N3OS/c1-2-30(32-21-11-7-19(24)8-12-21)16-22(31)28-14-17-4-3-13-29(15-17)20-9-5-18(6-10-20)23(25,26)27/h5-12,17H,2-4,13-16H2,1H3,(H,28,31). The van der Waals surface area contributed by atoms with Crippen LogP contribution in [0.2, 0.25) is 0 Å². The summed E-state index contributed by atoms with van der Waals surface area (Å²) in [5.41, 5.74) is 0.114. The molecule has 1 amide bonds. The van der Waals surface area contributed by atoms with Crippen LogP contribution in [0.1, 0.15) is 25.3 Å². The number of carbonyl (C=O) groups excluding carboxylic acids is 1. The number of nitrogens with one attached hydrogen (secondary N) is 1. The minimum Gasteiger partial charge on any atom is -0.371 e. The van der Waals surface area contributed by atoms with Crippen molar-refractivity contribution in [2.45, 2.75) is 30.8 Å². The first-order chi connectivity index (χ1) is 15.2. The van der Waals surface area contributed by atoms with Crippen LogP contribution in [0.15, 0.2) is 53.4 Å². The number of amides is 1. The lowest BCUT2D eigenvalue weighted by atomic mass is 9.97. The van der Waals surface area contributed by atoms with Crippen LogP contribution in [-0.4, -0.2) is 42.9 Å².